The fourth-order valence-corrected chi connectivity index (χ4v) is 8.81. The van der Waals surface area contributed by atoms with Gasteiger partial charge < -0.3 is 92.6 Å². The number of ether oxygens (including phenoxy) is 5. The van der Waals surface area contributed by atoms with Gasteiger partial charge in [0.2, 0.25) is 11.8 Å². The van der Waals surface area contributed by atoms with Crippen molar-refractivity contribution in [3.63, 3.8) is 0 Å². The van der Waals surface area contributed by atoms with Crippen LogP contribution in [-0.2, 0) is 47.7 Å². The predicted molar refractivity (Wildman–Crippen MR) is 263 cm³/mol. The second-order valence-corrected chi connectivity index (χ2v) is 19.8. The second kappa shape index (κ2) is 28.9. The number of carboxylic acid groups (broad SMARTS) is 2. The predicted octanol–water partition coefficient (Wildman–Crippen LogP) is -4.13. The Bertz CT molecular complexity index is 2230. The average Bonchev–Trinajstić information content (AvgIpc) is 3.81. The number of hydrogen-bond donors (Lipinski definition) is 14. The van der Waals surface area contributed by atoms with Crippen LogP contribution in [0, 0.1) is 17.8 Å². The largest absolute Gasteiger partial charge is 0.480 e. The number of carbonyl (C=O) groups is 6. The number of unbranched alkanes of at least 4 members (excludes halogenated alkanes) is 1. The molecule has 16 N–H and O–H groups in total. The van der Waals surface area contributed by atoms with Gasteiger partial charge in [0.25, 0.3) is 5.56 Å². The number of nitrogens with two attached hydrogens (primary N) is 2. The third kappa shape index (κ3) is 17.1. The summed E-state index contributed by atoms with van der Waals surface area (Å²) in [5.74, 6) is -6.13. The van der Waals surface area contributed by atoms with Gasteiger partial charge in [-0.05, 0) is 43.6 Å². The maximum absolute atomic E-state index is 14.4. The summed E-state index contributed by atoms with van der Waals surface area (Å²) in [5, 5.41) is 69.4. The number of urea groups is 1. The first-order valence-corrected chi connectivity index (χ1v) is 25.0. The number of nitrogens with one attached hydrogen (secondary N) is 7. The first-order valence-electron chi connectivity index (χ1n) is 25.0. The Labute approximate surface area is 432 Å². The number of aromatic amines is 1. The zero-order chi connectivity index (χ0) is 55.8. The molecule has 75 heavy (non-hydrogen) atoms. The minimum atomic E-state index is -1.93. The van der Waals surface area contributed by atoms with Crippen LogP contribution < -0.4 is 54.6 Å². The van der Waals surface area contributed by atoms with Gasteiger partial charge in [-0.2, -0.15) is 0 Å². The lowest BCUT2D eigenvalue weighted by Gasteiger charge is -2.34. The number of aliphatic carboxylic acids is 2. The van der Waals surface area contributed by atoms with Crippen LogP contribution >= 0.6 is 0 Å². The van der Waals surface area contributed by atoms with Crippen molar-refractivity contribution in [2.45, 2.75) is 172 Å². The number of hydrogen-bond acceptors (Lipinski definition) is 21. The molecule has 0 aliphatic carbocycles. The summed E-state index contributed by atoms with van der Waals surface area (Å²) < 4.78 is 29.9. The van der Waals surface area contributed by atoms with Crippen LogP contribution in [0.15, 0.2) is 26.8 Å². The molecule has 29 heteroatoms. The van der Waals surface area contributed by atoms with Crippen molar-refractivity contribution < 1.29 is 78.0 Å². The molecule has 1 aromatic heterocycles. The number of aliphatic hydroxyl groups is 3. The van der Waals surface area contributed by atoms with E-state index in [1.165, 1.54) is 7.11 Å². The Morgan fingerprint density at radius 3 is 2.15 bits per heavy atom. The van der Waals surface area contributed by atoms with Crippen molar-refractivity contribution in [1.82, 2.24) is 41.5 Å². The van der Waals surface area contributed by atoms with E-state index < -0.39 is 150 Å². The maximum Gasteiger partial charge on any atom is 0.330 e. The third-order valence-electron chi connectivity index (χ3n) is 12.9. The number of esters is 1. The summed E-state index contributed by atoms with van der Waals surface area (Å²) in [6.45, 7) is 10.1. The number of methoxy groups -OCH3 is 1. The van der Waals surface area contributed by atoms with Gasteiger partial charge in [0.15, 0.2) is 18.5 Å². The quantitative estimate of drug-likeness (QED) is 0.0268. The van der Waals surface area contributed by atoms with Crippen molar-refractivity contribution in [2.75, 3.05) is 33.3 Å². The van der Waals surface area contributed by atoms with Gasteiger partial charge >= 0.3 is 29.6 Å². The van der Waals surface area contributed by atoms with E-state index in [0.29, 0.717) is 12.3 Å². The number of aromatic nitrogens is 2. The Kier molecular flexibility index (Phi) is 23.8. The fraction of sp³-hybridized carbons (Fsp3) is 0.761. The summed E-state index contributed by atoms with van der Waals surface area (Å²) in [7, 11) is 1.23. The van der Waals surface area contributed by atoms with E-state index in [1.54, 1.807) is 27.7 Å². The lowest BCUT2D eigenvalue weighted by atomic mass is 9.96. The number of aliphatic hydroxyl groups excluding tert-OH is 3. The topological polar surface area (TPSA) is 441 Å². The standard InChI is InChI=1S/C46H77N11O18/c1-20(2)11-8-9-12-26(59)73-34(22(5)6)29(54-39(64)28(23-13-17-51-44(48)52-23)56-45(69)55-27(21(3)4)41(65)66)38(63)50-16-10-15-49-30(42(67)68)35(75-43-37(71-7)31(60)24(19-47)72-43)36-32(61)33(62)40(74-36)57-18-14-25(58)53-46(57)70/h14,18,20-24,27-37,40,43,49,60-62H,8-13,15-17,19,47H2,1-7H3,(H,50,63)(H,54,64)(H,65,66)(H,67,68)(H3,48,51,52)(H,53,58,70)(H2,55,56,69). The van der Waals surface area contributed by atoms with Crippen molar-refractivity contribution >= 4 is 41.7 Å². The number of aliphatic imine (C=N–C) groups is 1. The third-order valence-corrected chi connectivity index (χ3v) is 12.9. The highest BCUT2D eigenvalue weighted by atomic mass is 16.7. The number of nitrogens with zero attached hydrogens (tertiary/aromatic N) is 2. The lowest BCUT2D eigenvalue weighted by Crippen LogP contribution is -2.66. The van der Waals surface area contributed by atoms with E-state index in [4.69, 9.17) is 35.2 Å². The van der Waals surface area contributed by atoms with Gasteiger partial charge in [-0.3, -0.25) is 38.5 Å². The molecule has 0 saturated carbocycles. The molecule has 4 amide bonds. The molecule has 0 spiro atoms. The minimum Gasteiger partial charge on any atom is -0.480 e. The van der Waals surface area contributed by atoms with Crippen LogP contribution in [0.4, 0.5) is 4.79 Å². The van der Waals surface area contributed by atoms with E-state index in [2.05, 4.69) is 36.9 Å². The van der Waals surface area contributed by atoms with Gasteiger partial charge in [0.05, 0.1) is 6.04 Å². The highest BCUT2D eigenvalue weighted by Crippen LogP contribution is 2.35. The zero-order valence-electron chi connectivity index (χ0n) is 43.2. The van der Waals surface area contributed by atoms with Gasteiger partial charge in [0, 0.05) is 45.4 Å². The normalized spacial score (nSPS) is 26.1. The average molecular weight is 1070 g/mol. The first kappa shape index (κ1) is 61.8. The number of carbonyl (C=O) groups excluding carboxylic acids is 4. The zero-order valence-corrected chi connectivity index (χ0v) is 43.2. The molecule has 4 rings (SSSR count). The first-order chi connectivity index (χ1) is 35.4. The summed E-state index contributed by atoms with van der Waals surface area (Å²) in [5.41, 5.74) is 9.93. The summed E-state index contributed by atoms with van der Waals surface area (Å²) >= 11 is 0. The number of amides is 4. The number of guanidine groups is 1. The molecule has 15 unspecified atom stereocenters. The van der Waals surface area contributed by atoms with Crippen LogP contribution in [0.25, 0.3) is 0 Å². The summed E-state index contributed by atoms with van der Waals surface area (Å²) in [6.07, 6.45) is -12.2. The molecule has 3 aliphatic heterocycles. The lowest BCUT2D eigenvalue weighted by molar-refractivity contribution is -0.231. The second-order valence-electron chi connectivity index (χ2n) is 19.8. The Morgan fingerprint density at radius 1 is 0.867 bits per heavy atom. The highest BCUT2D eigenvalue weighted by molar-refractivity contribution is 5.94. The van der Waals surface area contributed by atoms with Crippen molar-refractivity contribution in [2.24, 2.45) is 34.2 Å². The van der Waals surface area contributed by atoms with Crippen LogP contribution in [0.5, 0.6) is 0 Å². The molecule has 15 atom stereocenters. The van der Waals surface area contributed by atoms with Crippen molar-refractivity contribution in [3.05, 3.63) is 33.1 Å². The SMILES string of the molecule is COC1C(OC(C(NCCCNC(=O)C(NC(=O)C(NC(=O)NC(C(=O)O)C(C)C)C2CCN=C(N)N2)C(OC(=O)CCCCC(C)C)C(C)C)C(=O)O)C2OC(n3ccc(=O)[nH]c3=O)C(O)C2O)OC(CN)C1O. The van der Waals surface area contributed by atoms with Gasteiger partial charge in [0.1, 0.15) is 73.0 Å². The molecule has 1 aromatic rings. The Morgan fingerprint density at radius 2 is 1.56 bits per heavy atom. The van der Waals surface area contributed by atoms with Gasteiger partial charge in [-0.1, -0.05) is 54.4 Å². The van der Waals surface area contributed by atoms with Crippen LogP contribution in [0.2, 0.25) is 0 Å². The summed E-state index contributed by atoms with van der Waals surface area (Å²) in [4.78, 5) is 111. The molecular formula is C46H77N11O18. The molecule has 2 fully saturated rings. The molecule has 424 valence electrons. The van der Waals surface area contributed by atoms with E-state index in [1.807, 2.05) is 18.8 Å². The van der Waals surface area contributed by atoms with Crippen LogP contribution in [0.1, 0.15) is 86.3 Å². The van der Waals surface area contributed by atoms with Crippen LogP contribution in [-0.4, -0.2) is 195 Å². The smallest absolute Gasteiger partial charge is 0.330 e. The van der Waals surface area contributed by atoms with Crippen molar-refractivity contribution in [3.8, 4) is 0 Å². The van der Waals surface area contributed by atoms with E-state index in [0.717, 1.165) is 29.7 Å². The van der Waals surface area contributed by atoms with E-state index in [9.17, 15) is 63.9 Å². The molecule has 0 bridgehead atoms. The van der Waals surface area contributed by atoms with E-state index >= 15 is 0 Å². The Hall–Kier alpha value is -5.79. The molecule has 3 aliphatic rings. The fourth-order valence-electron chi connectivity index (χ4n) is 8.81. The van der Waals surface area contributed by atoms with E-state index in [-0.39, 0.29) is 51.4 Å². The monoisotopic (exact) mass is 1070 g/mol. The summed E-state index contributed by atoms with van der Waals surface area (Å²) in [6, 6.07) is -7.25. The molecular weight excluding hydrogens is 995 g/mol. The molecule has 0 aromatic carbocycles. The Balaban J connectivity index is 1.59. The molecule has 29 nitrogen and oxygen atoms in total. The van der Waals surface area contributed by atoms with Crippen LogP contribution in [0.3, 0.4) is 0 Å². The molecule has 4 heterocycles. The van der Waals surface area contributed by atoms with Gasteiger partial charge in [-0.15, -0.1) is 0 Å². The number of rotatable bonds is 29. The van der Waals surface area contributed by atoms with Crippen molar-refractivity contribution in [1.29, 1.82) is 0 Å². The minimum absolute atomic E-state index is 0.0102. The number of H-pyrrole nitrogens is 1. The van der Waals surface area contributed by atoms with Gasteiger partial charge in [-0.25, -0.2) is 14.4 Å². The highest BCUT2D eigenvalue weighted by Gasteiger charge is 2.54. The molecule has 0 radical (unpaired) electrons. The maximum atomic E-state index is 14.4. The number of carboxylic acids is 2. The molecule has 2 saturated heterocycles.